The van der Waals surface area contributed by atoms with Crippen molar-refractivity contribution in [1.29, 1.82) is 0 Å². The quantitative estimate of drug-likeness (QED) is 0.682. The number of sulfonamides is 1. The highest BCUT2D eigenvalue weighted by molar-refractivity contribution is 7.92. The van der Waals surface area contributed by atoms with E-state index < -0.39 is 10.0 Å². The average Bonchev–Trinajstić information content (AvgIpc) is 2.27. The molecule has 0 radical (unpaired) electrons. The smallest absolute Gasteiger partial charge is 0.234 e. The topological polar surface area (TPSA) is 72.0 Å². The van der Waals surface area contributed by atoms with Gasteiger partial charge in [-0.15, -0.1) is 0 Å². The summed E-state index contributed by atoms with van der Waals surface area (Å²) < 4.78 is 26.5. The Labute approximate surface area is 122 Å². The second-order valence-corrected chi connectivity index (χ2v) is 7.22. The summed E-state index contributed by atoms with van der Waals surface area (Å²) in [7, 11) is -3.43. The first kappa shape index (κ1) is 14.8. The fourth-order valence-corrected chi connectivity index (χ4v) is 4.18. The van der Waals surface area contributed by atoms with Gasteiger partial charge in [0.1, 0.15) is 11.0 Å². The molecule has 1 aliphatic carbocycles. The maximum Gasteiger partial charge on any atom is 0.234 e. The molecule has 0 aromatic carbocycles. The van der Waals surface area contributed by atoms with Gasteiger partial charge in [-0.3, -0.25) is 4.72 Å². The third kappa shape index (κ3) is 4.78. The van der Waals surface area contributed by atoms with Crippen molar-refractivity contribution in [2.24, 2.45) is 5.92 Å². The van der Waals surface area contributed by atoms with Gasteiger partial charge in [-0.2, -0.15) is 4.98 Å². The number of nitrogens with zero attached hydrogens (tertiary/aromatic N) is 2. The fraction of sp³-hybridized carbons (Fsp3) is 0.636. The van der Waals surface area contributed by atoms with Crippen molar-refractivity contribution in [3.8, 4) is 0 Å². The van der Waals surface area contributed by atoms with Crippen LogP contribution in [0.25, 0.3) is 0 Å². The van der Waals surface area contributed by atoms with Gasteiger partial charge in [0.15, 0.2) is 0 Å². The van der Waals surface area contributed by atoms with Crippen LogP contribution in [0.4, 0.5) is 5.82 Å². The summed E-state index contributed by atoms with van der Waals surface area (Å²) in [6.45, 7) is 0. The summed E-state index contributed by atoms with van der Waals surface area (Å²) in [5.74, 6) is 0.450. The van der Waals surface area contributed by atoms with Gasteiger partial charge in [0.25, 0.3) is 0 Å². The molecule has 2 rings (SSSR count). The van der Waals surface area contributed by atoms with E-state index in [0.29, 0.717) is 0 Å². The van der Waals surface area contributed by atoms with Crippen molar-refractivity contribution in [1.82, 2.24) is 9.97 Å². The molecule has 1 heterocycles. The summed E-state index contributed by atoms with van der Waals surface area (Å²) >= 11 is 11.3. The Kier molecular flexibility index (Phi) is 4.86. The lowest BCUT2D eigenvalue weighted by atomic mass is 9.91. The maximum absolute atomic E-state index is 12.0. The normalized spacial score (nSPS) is 17.4. The zero-order chi connectivity index (χ0) is 13.9. The predicted octanol–water partition coefficient (Wildman–Crippen LogP) is 3.11. The van der Waals surface area contributed by atoms with E-state index in [9.17, 15) is 8.42 Å². The highest BCUT2D eigenvalue weighted by Gasteiger charge is 2.21. The number of halogens is 2. The van der Waals surface area contributed by atoms with Gasteiger partial charge in [0.05, 0.1) is 5.75 Å². The number of aromatic nitrogens is 2. The van der Waals surface area contributed by atoms with E-state index in [1.807, 2.05) is 0 Å². The summed E-state index contributed by atoms with van der Waals surface area (Å²) in [5, 5.41) is 0.0261. The summed E-state index contributed by atoms with van der Waals surface area (Å²) in [5.41, 5.74) is 0. The van der Waals surface area contributed by atoms with Gasteiger partial charge in [-0.25, -0.2) is 13.4 Å². The summed E-state index contributed by atoms with van der Waals surface area (Å²) in [4.78, 5) is 7.46. The van der Waals surface area contributed by atoms with Gasteiger partial charge >= 0.3 is 0 Å². The van der Waals surface area contributed by atoms with Crippen LogP contribution in [-0.4, -0.2) is 24.1 Å². The fourth-order valence-electron chi connectivity index (χ4n) is 2.31. The SMILES string of the molecule is O=S(=O)(CC1CCCCC1)Nc1cc(Cl)nc(Cl)n1. The Hall–Kier alpha value is -0.590. The molecule has 8 heteroatoms. The molecule has 1 aromatic heterocycles. The van der Waals surface area contributed by atoms with Gasteiger partial charge in [-0.05, 0) is 30.4 Å². The minimum atomic E-state index is -3.43. The van der Waals surface area contributed by atoms with Crippen molar-refractivity contribution >= 4 is 39.0 Å². The lowest BCUT2D eigenvalue weighted by molar-refractivity contribution is 0.385. The van der Waals surface area contributed by atoms with Crippen LogP contribution in [0, 0.1) is 5.92 Å². The van der Waals surface area contributed by atoms with Crippen LogP contribution in [0.3, 0.4) is 0 Å². The molecule has 0 unspecified atom stereocenters. The molecule has 1 saturated carbocycles. The second kappa shape index (κ2) is 6.24. The molecule has 19 heavy (non-hydrogen) atoms. The Bertz CT molecular complexity index is 525. The highest BCUT2D eigenvalue weighted by atomic mass is 35.5. The van der Waals surface area contributed by atoms with Gasteiger partial charge in [0.2, 0.25) is 15.3 Å². The van der Waals surface area contributed by atoms with Crippen LogP contribution in [0.15, 0.2) is 6.07 Å². The van der Waals surface area contributed by atoms with Crippen molar-refractivity contribution in [3.63, 3.8) is 0 Å². The first-order valence-electron chi connectivity index (χ1n) is 6.15. The zero-order valence-electron chi connectivity index (χ0n) is 10.3. The van der Waals surface area contributed by atoms with Crippen LogP contribution < -0.4 is 4.72 Å². The lowest BCUT2D eigenvalue weighted by Gasteiger charge is -2.21. The third-order valence-electron chi connectivity index (χ3n) is 3.11. The van der Waals surface area contributed by atoms with E-state index in [1.165, 1.54) is 12.5 Å². The monoisotopic (exact) mass is 323 g/mol. The molecule has 0 aliphatic heterocycles. The second-order valence-electron chi connectivity index (χ2n) is 4.73. The minimum absolute atomic E-state index is 0.0807. The van der Waals surface area contributed by atoms with E-state index in [2.05, 4.69) is 14.7 Å². The third-order valence-corrected chi connectivity index (χ3v) is 4.90. The molecule has 1 N–H and O–H groups in total. The lowest BCUT2D eigenvalue weighted by Crippen LogP contribution is -2.24. The molecule has 0 amide bonds. The molecule has 1 aliphatic rings. The van der Waals surface area contributed by atoms with Crippen molar-refractivity contribution in [3.05, 3.63) is 16.5 Å². The molecule has 0 bridgehead atoms. The van der Waals surface area contributed by atoms with Crippen LogP contribution >= 0.6 is 23.2 Å². The van der Waals surface area contributed by atoms with Crippen LogP contribution in [0.2, 0.25) is 10.4 Å². The molecule has 5 nitrogen and oxygen atoms in total. The Morgan fingerprint density at radius 1 is 1.21 bits per heavy atom. The Morgan fingerprint density at radius 3 is 2.53 bits per heavy atom. The van der Waals surface area contributed by atoms with Crippen LogP contribution in [-0.2, 0) is 10.0 Å². The molecular weight excluding hydrogens is 309 g/mol. The van der Waals surface area contributed by atoms with Gasteiger partial charge < -0.3 is 0 Å². The first-order chi connectivity index (χ1) is 8.94. The number of anilines is 1. The maximum atomic E-state index is 12.0. The van der Waals surface area contributed by atoms with E-state index in [0.717, 1.165) is 25.7 Å². The van der Waals surface area contributed by atoms with E-state index in [4.69, 9.17) is 23.2 Å². The molecule has 0 atom stereocenters. The molecule has 0 saturated heterocycles. The number of hydrogen-bond donors (Lipinski definition) is 1. The number of hydrogen-bond acceptors (Lipinski definition) is 4. The largest absolute Gasteiger partial charge is 0.267 e. The Balaban J connectivity index is 2.03. The molecule has 106 valence electrons. The van der Waals surface area contributed by atoms with E-state index in [-0.39, 0.29) is 27.9 Å². The zero-order valence-corrected chi connectivity index (χ0v) is 12.6. The molecule has 1 aromatic rings. The van der Waals surface area contributed by atoms with Gasteiger partial charge in [-0.1, -0.05) is 30.9 Å². The molecule has 0 spiro atoms. The van der Waals surface area contributed by atoms with Crippen molar-refractivity contribution < 1.29 is 8.42 Å². The van der Waals surface area contributed by atoms with Gasteiger partial charge in [0, 0.05) is 6.07 Å². The average molecular weight is 324 g/mol. The number of rotatable bonds is 4. The highest BCUT2D eigenvalue weighted by Crippen LogP contribution is 2.25. The number of nitrogens with one attached hydrogen (secondary N) is 1. The van der Waals surface area contributed by atoms with Crippen molar-refractivity contribution in [2.45, 2.75) is 32.1 Å². The van der Waals surface area contributed by atoms with Crippen molar-refractivity contribution in [2.75, 3.05) is 10.5 Å². The van der Waals surface area contributed by atoms with Crippen LogP contribution in [0.5, 0.6) is 0 Å². The summed E-state index contributed by atoms with van der Waals surface area (Å²) in [6.07, 6.45) is 5.33. The van der Waals surface area contributed by atoms with E-state index in [1.54, 1.807) is 0 Å². The first-order valence-corrected chi connectivity index (χ1v) is 8.56. The predicted molar refractivity (Wildman–Crippen MR) is 76.0 cm³/mol. The standard InChI is InChI=1S/C11H15Cl2N3O2S/c12-9-6-10(15-11(13)14-9)16-19(17,18)7-8-4-2-1-3-5-8/h6,8H,1-5,7H2,(H,14,15,16). The molecular formula is C11H15Cl2N3O2S. The minimum Gasteiger partial charge on any atom is -0.267 e. The van der Waals surface area contributed by atoms with E-state index >= 15 is 0 Å². The Morgan fingerprint density at radius 2 is 1.89 bits per heavy atom. The van der Waals surface area contributed by atoms with Crippen LogP contribution in [0.1, 0.15) is 32.1 Å². The molecule has 1 fully saturated rings. The summed E-state index contributed by atoms with van der Waals surface area (Å²) in [6, 6.07) is 1.34.